The number of halogens is 1. The molecular formula is C27H33BrN4O2. The lowest BCUT2D eigenvalue weighted by atomic mass is 9.83. The van der Waals surface area contributed by atoms with Gasteiger partial charge in [0.05, 0.1) is 42.8 Å². The summed E-state index contributed by atoms with van der Waals surface area (Å²) in [6.07, 6.45) is 14.8. The highest BCUT2D eigenvalue weighted by molar-refractivity contribution is 9.10. The molecule has 3 aromatic rings. The van der Waals surface area contributed by atoms with Crippen LogP contribution >= 0.6 is 15.9 Å². The second-order valence-electron chi connectivity index (χ2n) is 9.86. The Hall–Kier alpha value is -2.41. The van der Waals surface area contributed by atoms with Gasteiger partial charge >= 0.3 is 0 Å². The molecule has 1 aromatic carbocycles. The smallest absolute Gasteiger partial charge is 0.258 e. The monoisotopic (exact) mass is 524 g/mol. The van der Waals surface area contributed by atoms with Crippen molar-refractivity contribution in [3.63, 3.8) is 0 Å². The van der Waals surface area contributed by atoms with Crippen LogP contribution in [0.25, 0.3) is 11.0 Å². The molecule has 5 rings (SSSR count). The van der Waals surface area contributed by atoms with Crippen molar-refractivity contribution in [1.82, 2.24) is 19.4 Å². The Morgan fingerprint density at radius 3 is 2.71 bits per heavy atom. The molecule has 2 aliphatic carbocycles. The molecule has 0 aliphatic heterocycles. The van der Waals surface area contributed by atoms with Crippen LogP contribution in [0, 0.1) is 5.92 Å². The summed E-state index contributed by atoms with van der Waals surface area (Å²) in [4.78, 5) is 25.1. The zero-order chi connectivity index (χ0) is 23.7. The highest BCUT2D eigenvalue weighted by atomic mass is 79.9. The van der Waals surface area contributed by atoms with E-state index in [1.165, 1.54) is 32.1 Å². The summed E-state index contributed by atoms with van der Waals surface area (Å²) in [7, 11) is 1.66. The third kappa shape index (κ3) is 4.47. The maximum Gasteiger partial charge on any atom is 0.258 e. The number of carbonyl (C=O) groups excluding carboxylic acids is 1. The predicted molar refractivity (Wildman–Crippen MR) is 137 cm³/mol. The van der Waals surface area contributed by atoms with E-state index in [0.717, 1.165) is 40.3 Å². The molecule has 0 saturated heterocycles. The first kappa shape index (κ1) is 23.3. The third-order valence-corrected chi connectivity index (χ3v) is 8.48. The fourth-order valence-electron chi connectivity index (χ4n) is 5.88. The van der Waals surface area contributed by atoms with Gasteiger partial charge in [0.15, 0.2) is 0 Å². The minimum absolute atomic E-state index is 0.118. The number of aromatic nitrogens is 3. The Morgan fingerprint density at radius 1 is 1.18 bits per heavy atom. The SMILES string of the molecule is COc1cc(Cn2cnc3ccncc32)c(Br)cc1C(=O)N(C1CCCC1)C1CCCCC1C. The fourth-order valence-corrected chi connectivity index (χ4v) is 6.35. The number of carbonyl (C=O) groups is 1. The molecule has 180 valence electrons. The number of imidazole rings is 1. The van der Waals surface area contributed by atoms with E-state index >= 15 is 0 Å². The third-order valence-electron chi connectivity index (χ3n) is 7.74. The van der Waals surface area contributed by atoms with E-state index < -0.39 is 0 Å². The average Bonchev–Trinajstić information content (AvgIpc) is 3.52. The molecule has 2 heterocycles. The molecule has 2 unspecified atom stereocenters. The Bertz CT molecular complexity index is 1170. The molecule has 0 bridgehead atoms. The molecule has 34 heavy (non-hydrogen) atoms. The molecule has 2 atom stereocenters. The van der Waals surface area contributed by atoms with Crippen LogP contribution in [0.5, 0.6) is 5.75 Å². The van der Waals surface area contributed by atoms with Crippen molar-refractivity contribution in [3.05, 3.63) is 52.5 Å². The van der Waals surface area contributed by atoms with Gasteiger partial charge in [0.2, 0.25) is 0 Å². The van der Waals surface area contributed by atoms with Crippen LogP contribution in [-0.2, 0) is 6.54 Å². The van der Waals surface area contributed by atoms with Crippen molar-refractivity contribution < 1.29 is 9.53 Å². The van der Waals surface area contributed by atoms with Gasteiger partial charge in [-0.15, -0.1) is 0 Å². The number of hydrogen-bond donors (Lipinski definition) is 0. The number of ether oxygens (including phenoxy) is 1. The molecule has 2 saturated carbocycles. The maximum absolute atomic E-state index is 14.1. The Kier molecular flexibility index (Phi) is 6.91. The van der Waals surface area contributed by atoms with Crippen molar-refractivity contribution >= 4 is 32.9 Å². The van der Waals surface area contributed by atoms with Crippen LogP contribution in [0.2, 0.25) is 0 Å². The van der Waals surface area contributed by atoms with Gasteiger partial charge < -0.3 is 14.2 Å². The van der Waals surface area contributed by atoms with E-state index in [2.05, 4.69) is 42.3 Å². The number of pyridine rings is 1. The molecule has 6 nitrogen and oxygen atoms in total. The quantitative estimate of drug-likeness (QED) is 0.384. The summed E-state index contributed by atoms with van der Waals surface area (Å²) in [5.41, 5.74) is 3.58. The number of rotatable bonds is 6. The van der Waals surface area contributed by atoms with E-state index in [-0.39, 0.29) is 5.91 Å². The maximum atomic E-state index is 14.1. The highest BCUT2D eigenvalue weighted by Gasteiger charge is 2.37. The van der Waals surface area contributed by atoms with Crippen LogP contribution in [-0.4, -0.2) is 44.5 Å². The van der Waals surface area contributed by atoms with Crippen molar-refractivity contribution in [2.75, 3.05) is 7.11 Å². The van der Waals surface area contributed by atoms with Crippen molar-refractivity contribution in [3.8, 4) is 5.75 Å². The van der Waals surface area contributed by atoms with Gasteiger partial charge in [-0.1, -0.05) is 48.5 Å². The van der Waals surface area contributed by atoms with Crippen molar-refractivity contribution in [2.24, 2.45) is 5.92 Å². The summed E-state index contributed by atoms with van der Waals surface area (Å²) in [6, 6.07) is 6.52. The minimum atomic E-state index is 0.118. The van der Waals surface area contributed by atoms with Crippen LogP contribution in [0.3, 0.4) is 0 Å². The van der Waals surface area contributed by atoms with E-state index in [9.17, 15) is 4.79 Å². The number of amides is 1. The number of nitrogens with zero attached hydrogens (tertiary/aromatic N) is 4. The first-order valence-corrected chi connectivity index (χ1v) is 13.3. The second kappa shape index (κ2) is 10.1. The largest absolute Gasteiger partial charge is 0.496 e. The fraction of sp³-hybridized carbons (Fsp3) is 0.519. The molecule has 0 N–H and O–H groups in total. The lowest BCUT2D eigenvalue weighted by Gasteiger charge is -2.42. The predicted octanol–water partition coefficient (Wildman–Crippen LogP) is 6.21. The van der Waals surface area contributed by atoms with Gasteiger partial charge in [0, 0.05) is 22.8 Å². The van der Waals surface area contributed by atoms with E-state index in [1.54, 1.807) is 13.3 Å². The molecule has 0 radical (unpaired) electrons. The summed E-state index contributed by atoms with van der Waals surface area (Å²) < 4.78 is 8.77. The van der Waals surface area contributed by atoms with Crippen LogP contribution in [0.4, 0.5) is 0 Å². The van der Waals surface area contributed by atoms with Gasteiger partial charge in [-0.3, -0.25) is 9.78 Å². The topological polar surface area (TPSA) is 60.2 Å². The number of hydrogen-bond acceptors (Lipinski definition) is 4. The molecular weight excluding hydrogens is 492 g/mol. The average molecular weight is 525 g/mol. The van der Waals surface area contributed by atoms with Crippen molar-refractivity contribution in [2.45, 2.75) is 76.9 Å². The summed E-state index contributed by atoms with van der Waals surface area (Å²) in [6.45, 7) is 2.93. The molecule has 1 amide bonds. The van der Waals surface area contributed by atoms with E-state index in [1.807, 2.05) is 30.7 Å². The van der Waals surface area contributed by atoms with Gasteiger partial charge in [-0.25, -0.2) is 4.98 Å². The van der Waals surface area contributed by atoms with Crippen LogP contribution in [0.1, 0.15) is 74.2 Å². The number of methoxy groups -OCH3 is 1. The zero-order valence-electron chi connectivity index (χ0n) is 20.0. The van der Waals surface area contributed by atoms with Gasteiger partial charge in [0.25, 0.3) is 5.91 Å². The summed E-state index contributed by atoms with van der Waals surface area (Å²) >= 11 is 3.75. The Balaban J connectivity index is 1.48. The minimum Gasteiger partial charge on any atom is -0.496 e. The van der Waals surface area contributed by atoms with Gasteiger partial charge in [-0.05, 0) is 55.4 Å². The number of fused-ring (bicyclic) bond motifs is 1. The van der Waals surface area contributed by atoms with Crippen LogP contribution < -0.4 is 4.74 Å². The lowest BCUT2D eigenvalue weighted by molar-refractivity contribution is 0.0412. The molecule has 2 fully saturated rings. The molecule has 2 aromatic heterocycles. The molecule has 0 spiro atoms. The van der Waals surface area contributed by atoms with Gasteiger partial charge in [0.1, 0.15) is 5.75 Å². The summed E-state index contributed by atoms with van der Waals surface area (Å²) in [5.74, 6) is 1.29. The lowest BCUT2D eigenvalue weighted by Crippen LogP contribution is -2.50. The van der Waals surface area contributed by atoms with Gasteiger partial charge in [-0.2, -0.15) is 0 Å². The summed E-state index contributed by atoms with van der Waals surface area (Å²) in [5, 5.41) is 0. The Morgan fingerprint density at radius 2 is 1.94 bits per heavy atom. The molecule has 7 heteroatoms. The standard InChI is InChI=1S/C27H33BrN4O2/c1-18-7-3-6-10-24(18)32(20-8-4-5-9-20)27(33)21-14-22(28)19(13-26(21)34-2)16-31-17-30-23-11-12-29-15-25(23)31/h11-15,17-18,20,24H,3-10,16H2,1-2H3. The molecule has 2 aliphatic rings. The first-order chi connectivity index (χ1) is 16.6. The van der Waals surface area contributed by atoms with Crippen molar-refractivity contribution in [1.29, 1.82) is 0 Å². The van der Waals surface area contributed by atoms with E-state index in [4.69, 9.17) is 4.74 Å². The van der Waals surface area contributed by atoms with E-state index in [0.29, 0.717) is 35.9 Å². The zero-order valence-corrected chi connectivity index (χ0v) is 21.6. The highest BCUT2D eigenvalue weighted by Crippen LogP contribution is 2.37. The first-order valence-electron chi connectivity index (χ1n) is 12.5. The van der Waals surface area contributed by atoms with Crippen LogP contribution in [0.15, 0.2) is 41.4 Å². The number of benzene rings is 1. The normalized spacial score (nSPS) is 21.1. The Labute approximate surface area is 209 Å². The second-order valence-corrected chi connectivity index (χ2v) is 10.7.